The molecule has 2 heteroatoms. The second-order valence-electron chi connectivity index (χ2n) is 9.25. The van der Waals surface area contributed by atoms with Gasteiger partial charge in [0, 0.05) is 20.0 Å². The summed E-state index contributed by atoms with van der Waals surface area (Å²) in [6, 6.07) is 0. The summed E-state index contributed by atoms with van der Waals surface area (Å²) in [4.78, 5) is 11.9. The van der Waals surface area contributed by atoms with Crippen LogP contribution in [0.3, 0.4) is 0 Å². The molecule has 0 bridgehead atoms. The number of ketones is 1. The molecule has 0 aromatic carbocycles. The van der Waals surface area contributed by atoms with Crippen molar-refractivity contribution in [3.63, 3.8) is 0 Å². The van der Waals surface area contributed by atoms with Gasteiger partial charge in [-0.25, -0.2) is 0 Å². The molecule has 124 valence electrons. The summed E-state index contributed by atoms with van der Waals surface area (Å²) in [7, 11) is 1.91. The molecule has 4 aliphatic rings. The maximum atomic E-state index is 11.9. The number of methoxy groups -OCH3 is 1. The van der Waals surface area contributed by atoms with Crippen LogP contribution in [-0.4, -0.2) is 19.0 Å². The van der Waals surface area contributed by atoms with E-state index in [9.17, 15) is 4.79 Å². The summed E-state index contributed by atoms with van der Waals surface area (Å²) in [5.41, 5.74) is 0.868. The molecule has 2 unspecified atom stereocenters. The van der Waals surface area contributed by atoms with Crippen LogP contribution in [0.15, 0.2) is 0 Å². The molecular weight excluding hydrogens is 272 g/mol. The first kappa shape index (κ1) is 15.2. The summed E-state index contributed by atoms with van der Waals surface area (Å²) >= 11 is 0. The fraction of sp³-hybridized carbons (Fsp3) is 0.950. The molecule has 0 N–H and O–H groups in total. The molecule has 0 aromatic rings. The largest absolute Gasteiger partial charge is 0.381 e. The van der Waals surface area contributed by atoms with Gasteiger partial charge in [-0.2, -0.15) is 0 Å². The minimum Gasteiger partial charge on any atom is -0.381 e. The SMILES string of the molecule is COC1CC[C@H]2[C@@H]3CCC4CC(=O)CC[C@]4(C)[C@@H]3CC[C@]12C. The average molecular weight is 304 g/mol. The number of Topliss-reactive ketones (excluding diaryl/α,β-unsaturated/α-hetero) is 1. The minimum absolute atomic E-state index is 0.420. The van der Waals surface area contributed by atoms with Crippen molar-refractivity contribution >= 4 is 5.78 Å². The maximum Gasteiger partial charge on any atom is 0.133 e. The summed E-state index contributed by atoms with van der Waals surface area (Å²) in [5.74, 6) is 3.84. The number of rotatable bonds is 1. The monoisotopic (exact) mass is 304 g/mol. The van der Waals surface area contributed by atoms with Gasteiger partial charge in [0.1, 0.15) is 5.78 Å². The first-order valence-corrected chi connectivity index (χ1v) is 9.53. The molecule has 0 heterocycles. The highest BCUT2D eigenvalue weighted by molar-refractivity contribution is 5.79. The molecule has 4 rings (SSSR count). The second kappa shape index (κ2) is 5.06. The molecule has 0 amide bonds. The zero-order valence-corrected chi connectivity index (χ0v) is 14.6. The summed E-state index contributed by atoms with van der Waals surface area (Å²) < 4.78 is 5.86. The van der Waals surface area contributed by atoms with Gasteiger partial charge in [-0.1, -0.05) is 13.8 Å². The Kier molecular flexibility index (Phi) is 3.49. The Labute approximate surface area is 135 Å². The van der Waals surface area contributed by atoms with Gasteiger partial charge >= 0.3 is 0 Å². The van der Waals surface area contributed by atoms with Crippen LogP contribution in [0.1, 0.15) is 71.6 Å². The highest BCUT2D eigenvalue weighted by atomic mass is 16.5. The number of ether oxygens (including phenoxy) is 1. The van der Waals surface area contributed by atoms with Crippen molar-refractivity contribution in [2.75, 3.05) is 7.11 Å². The van der Waals surface area contributed by atoms with Crippen molar-refractivity contribution in [1.82, 2.24) is 0 Å². The van der Waals surface area contributed by atoms with E-state index < -0.39 is 0 Å². The lowest BCUT2D eigenvalue weighted by Gasteiger charge is -2.60. The van der Waals surface area contributed by atoms with Crippen molar-refractivity contribution in [1.29, 1.82) is 0 Å². The Morgan fingerprint density at radius 3 is 2.50 bits per heavy atom. The molecule has 0 aromatic heterocycles. The van der Waals surface area contributed by atoms with Crippen LogP contribution in [0.5, 0.6) is 0 Å². The van der Waals surface area contributed by atoms with Gasteiger partial charge in [0.05, 0.1) is 6.10 Å². The molecule has 22 heavy (non-hydrogen) atoms. The summed E-state index contributed by atoms with van der Waals surface area (Å²) in [6.45, 7) is 5.04. The van der Waals surface area contributed by atoms with Crippen LogP contribution in [0.4, 0.5) is 0 Å². The van der Waals surface area contributed by atoms with Crippen molar-refractivity contribution in [2.45, 2.75) is 77.7 Å². The Hall–Kier alpha value is -0.370. The van der Waals surface area contributed by atoms with E-state index in [1.54, 1.807) is 0 Å². The first-order chi connectivity index (χ1) is 10.5. The quantitative estimate of drug-likeness (QED) is 0.707. The zero-order valence-electron chi connectivity index (χ0n) is 14.6. The van der Waals surface area contributed by atoms with E-state index in [1.807, 2.05) is 7.11 Å². The topological polar surface area (TPSA) is 26.3 Å². The van der Waals surface area contributed by atoms with Crippen LogP contribution < -0.4 is 0 Å². The van der Waals surface area contributed by atoms with Gasteiger partial charge < -0.3 is 4.74 Å². The third-order valence-electron chi connectivity index (χ3n) is 8.68. The summed E-state index contributed by atoms with van der Waals surface area (Å²) in [6.07, 6.45) is 11.4. The Morgan fingerprint density at radius 2 is 1.73 bits per heavy atom. The van der Waals surface area contributed by atoms with E-state index in [4.69, 9.17) is 4.74 Å². The second-order valence-corrected chi connectivity index (χ2v) is 9.25. The standard InChI is InChI=1S/C20H32O2/c1-19-10-8-14(21)12-13(19)4-5-15-16-6-7-18(22-3)20(16,2)11-9-17(15)19/h13,15-18H,4-12H2,1-3H3/t13?,15-,16-,17+,18?,19-,20-/m0/s1. The van der Waals surface area contributed by atoms with Crippen molar-refractivity contribution in [3.05, 3.63) is 0 Å². The smallest absolute Gasteiger partial charge is 0.133 e. The van der Waals surface area contributed by atoms with Gasteiger partial charge in [0.2, 0.25) is 0 Å². The normalized spacial score (nSPS) is 54.5. The van der Waals surface area contributed by atoms with Crippen LogP contribution in [0.25, 0.3) is 0 Å². The third kappa shape index (κ3) is 1.92. The van der Waals surface area contributed by atoms with E-state index in [0.717, 1.165) is 37.0 Å². The first-order valence-electron chi connectivity index (χ1n) is 9.53. The van der Waals surface area contributed by atoms with Gasteiger partial charge in [-0.05, 0) is 79.4 Å². The molecule has 4 saturated carbocycles. The average Bonchev–Trinajstić information content (AvgIpc) is 2.84. The minimum atomic E-state index is 0.420. The molecule has 4 aliphatic carbocycles. The number of hydrogen-bond acceptors (Lipinski definition) is 2. The Morgan fingerprint density at radius 1 is 0.955 bits per heavy atom. The summed E-state index contributed by atoms with van der Waals surface area (Å²) in [5, 5.41) is 0. The van der Waals surface area contributed by atoms with E-state index >= 15 is 0 Å². The molecule has 7 atom stereocenters. The van der Waals surface area contributed by atoms with Crippen molar-refractivity contribution in [3.8, 4) is 0 Å². The highest BCUT2D eigenvalue weighted by Gasteiger charge is 2.60. The highest BCUT2D eigenvalue weighted by Crippen LogP contribution is 2.66. The molecule has 0 radical (unpaired) electrons. The van der Waals surface area contributed by atoms with Crippen molar-refractivity contribution in [2.24, 2.45) is 34.5 Å². The molecule has 4 fully saturated rings. The molecule has 0 saturated heterocycles. The van der Waals surface area contributed by atoms with Gasteiger partial charge in [-0.3, -0.25) is 4.79 Å². The van der Waals surface area contributed by atoms with Gasteiger partial charge in [0.25, 0.3) is 0 Å². The van der Waals surface area contributed by atoms with Crippen LogP contribution in [0, 0.1) is 34.5 Å². The van der Waals surface area contributed by atoms with Crippen LogP contribution in [-0.2, 0) is 9.53 Å². The fourth-order valence-electron chi connectivity index (χ4n) is 7.38. The lowest BCUT2D eigenvalue weighted by molar-refractivity contribution is -0.143. The molecule has 0 spiro atoms. The number of carbonyl (C=O) groups is 1. The lowest BCUT2D eigenvalue weighted by atomic mass is 9.45. The van der Waals surface area contributed by atoms with E-state index in [1.165, 1.54) is 38.5 Å². The Balaban J connectivity index is 1.62. The van der Waals surface area contributed by atoms with E-state index in [2.05, 4.69) is 13.8 Å². The van der Waals surface area contributed by atoms with Crippen LogP contribution >= 0.6 is 0 Å². The predicted octanol–water partition coefficient (Wildman–Crippen LogP) is 4.61. The predicted molar refractivity (Wildman–Crippen MR) is 87.5 cm³/mol. The molecule has 0 aliphatic heterocycles. The van der Waals surface area contributed by atoms with E-state index in [-0.39, 0.29) is 0 Å². The number of carbonyl (C=O) groups excluding carboxylic acids is 1. The zero-order chi connectivity index (χ0) is 15.5. The maximum absolute atomic E-state index is 11.9. The Bertz CT molecular complexity index is 472. The van der Waals surface area contributed by atoms with Crippen LogP contribution in [0.2, 0.25) is 0 Å². The molecular formula is C20H32O2. The fourth-order valence-corrected chi connectivity index (χ4v) is 7.38. The molecule has 2 nitrogen and oxygen atoms in total. The third-order valence-corrected chi connectivity index (χ3v) is 8.68. The van der Waals surface area contributed by atoms with Gasteiger partial charge in [0.15, 0.2) is 0 Å². The van der Waals surface area contributed by atoms with Gasteiger partial charge in [-0.15, -0.1) is 0 Å². The van der Waals surface area contributed by atoms with E-state index in [0.29, 0.717) is 28.6 Å². The lowest BCUT2D eigenvalue weighted by Crippen LogP contribution is -2.54. The number of hydrogen-bond donors (Lipinski definition) is 0. The van der Waals surface area contributed by atoms with Crippen molar-refractivity contribution < 1.29 is 9.53 Å². The number of fused-ring (bicyclic) bond motifs is 5.